The number of morpholine rings is 1. The number of amides is 2. The van der Waals surface area contributed by atoms with Gasteiger partial charge in [0.2, 0.25) is 11.8 Å². The van der Waals surface area contributed by atoms with Crippen molar-refractivity contribution in [2.24, 2.45) is 0 Å². The monoisotopic (exact) mass is 318 g/mol. The van der Waals surface area contributed by atoms with Crippen LogP contribution in [0.3, 0.4) is 0 Å². The molecular formula is C17H22N2O4. The van der Waals surface area contributed by atoms with Gasteiger partial charge in [0.15, 0.2) is 0 Å². The topological polar surface area (TPSA) is 59.1 Å². The molecule has 0 aromatic heterocycles. The van der Waals surface area contributed by atoms with Crippen molar-refractivity contribution in [3.63, 3.8) is 0 Å². The van der Waals surface area contributed by atoms with Crippen LogP contribution < -0.4 is 9.64 Å². The molecule has 6 nitrogen and oxygen atoms in total. The number of ether oxygens (including phenoxy) is 2. The fourth-order valence-electron chi connectivity index (χ4n) is 2.97. The highest BCUT2D eigenvalue weighted by Crippen LogP contribution is 2.31. The summed E-state index contributed by atoms with van der Waals surface area (Å²) >= 11 is 0. The summed E-state index contributed by atoms with van der Waals surface area (Å²) in [4.78, 5) is 28.5. The van der Waals surface area contributed by atoms with Crippen molar-refractivity contribution >= 4 is 17.5 Å². The maximum absolute atomic E-state index is 12.7. The normalized spacial score (nSPS) is 24.7. The fourth-order valence-corrected chi connectivity index (χ4v) is 2.97. The third kappa shape index (κ3) is 3.32. The van der Waals surface area contributed by atoms with Gasteiger partial charge in [-0.1, -0.05) is 12.1 Å². The summed E-state index contributed by atoms with van der Waals surface area (Å²) in [5, 5.41) is 0. The zero-order chi connectivity index (χ0) is 16.4. The first-order valence-electron chi connectivity index (χ1n) is 7.99. The molecule has 2 amide bonds. The van der Waals surface area contributed by atoms with Gasteiger partial charge in [-0.05, 0) is 26.0 Å². The number of anilines is 1. The molecule has 6 heteroatoms. The van der Waals surface area contributed by atoms with Crippen LogP contribution in [0.4, 0.5) is 5.69 Å². The van der Waals surface area contributed by atoms with Gasteiger partial charge in [0.1, 0.15) is 12.3 Å². The maximum atomic E-state index is 12.7. The molecule has 0 aliphatic carbocycles. The van der Waals surface area contributed by atoms with E-state index in [1.807, 2.05) is 38.1 Å². The highest BCUT2D eigenvalue weighted by molar-refractivity contribution is 6.00. The predicted octanol–water partition coefficient (Wildman–Crippen LogP) is 1.44. The molecule has 0 unspecified atom stereocenters. The third-order valence-corrected chi connectivity index (χ3v) is 4.25. The van der Waals surface area contributed by atoms with Gasteiger partial charge in [-0.3, -0.25) is 14.5 Å². The largest absolute Gasteiger partial charge is 0.491 e. The molecule has 0 N–H and O–H groups in total. The van der Waals surface area contributed by atoms with Crippen LogP contribution in [-0.4, -0.2) is 55.2 Å². The Bertz CT molecular complexity index is 604. The lowest BCUT2D eigenvalue weighted by molar-refractivity contribution is -0.142. The van der Waals surface area contributed by atoms with Gasteiger partial charge < -0.3 is 14.4 Å². The maximum Gasteiger partial charge on any atom is 0.243 e. The van der Waals surface area contributed by atoms with E-state index in [1.54, 1.807) is 4.90 Å². The zero-order valence-corrected chi connectivity index (χ0v) is 13.5. The average Bonchev–Trinajstić information content (AvgIpc) is 2.69. The molecule has 2 atom stereocenters. The SMILES string of the molecule is C[C@@H]1CN(C(=O)CN2C(=O)CCOc3ccccc32)[C@@H](C)CO1. The van der Waals surface area contributed by atoms with E-state index >= 15 is 0 Å². The molecule has 124 valence electrons. The van der Waals surface area contributed by atoms with Crippen LogP contribution in [-0.2, 0) is 14.3 Å². The molecule has 1 aromatic carbocycles. The van der Waals surface area contributed by atoms with Crippen molar-refractivity contribution in [2.45, 2.75) is 32.4 Å². The Morgan fingerprint density at radius 3 is 2.91 bits per heavy atom. The minimum absolute atomic E-state index is 0.0191. The van der Waals surface area contributed by atoms with Crippen LogP contribution >= 0.6 is 0 Å². The molecule has 2 aliphatic heterocycles. The van der Waals surface area contributed by atoms with Gasteiger partial charge >= 0.3 is 0 Å². The molecule has 23 heavy (non-hydrogen) atoms. The van der Waals surface area contributed by atoms with Gasteiger partial charge in [0.05, 0.1) is 37.5 Å². The summed E-state index contributed by atoms with van der Waals surface area (Å²) in [5.74, 6) is 0.504. The van der Waals surface area contributed by atoms with E-state index in [-0.39, 0.29) is 36.9 Å². The Kier molecular flexibility index (Phi) is 4.52. The van der Waals surface area contributed by atoms with Crippen molar-refractivity contribution in [3.8, 4) is 5.75 Å². The Morgan fingerprint density at radius 2 is 2.09 bits per heavy atom. The van der Waals surface area contributed by atoms with E-state index in [9.17, 15) is 9.59 Å². The molecule has 0 saturated carbocycles. The lowest BCUT2D eigenvalue weighted by Crippen LogP contribution is -2.53. The second kappa shape index (κ2) is 6.58. The predicted molar refractivity (Wildman–Crippen MR) is 85.5 cm³/mol. The number of carbonyl (C=O) groups is 2. The average molecular weight is 318 g/mol. The van der Waals surface area contributed by atoms with E-state index in [2.05, 4.69) is 0 Å². The molecule has 1 fully saturated rings. The second-order valence-electron chi connectivity index (χ2n) is 6.09. The third-order valence-electron chi connectivity index (χ3n) is 4.25. The van der Waals surface area contributed by atoms with Crippen LogP contribution in [0.5, 0.6) is 5.75 Å². The molecule has 0 bridgehead atoms. The van der Waals surface area contributed by atoms with Crippen molar-refractivity contribution in [1.82, 2.24) is 4.90 Å². The first kappa shape index (κ1) is 15.8. The summed E-state index contributed by atoms with van der Waals surface area (Å²) in [5.41, 5.74) is 0.664. The van der Waals surface area contributed by atoms with Crippen LogP contribution in [0.1, 0.15) is 20.3 Å². The Balaban J connectivity index is 1.80. The van der Waals surface area contributed by atoms with E-state index < -0.39 is 0 Å². The quantitative estimate of drug-likeness (QED) is 0.828. The van der Waals surface area contributed by atoms with Crippen molar-refractivity contribution in [3.05, 3.63) is 24.3 Å². The fraction of sp³-hybridized carbons (Fsp3) is 0.529. The zero-order valence-electron chi connectivity index (χ0n) is 13.5. The van der Waals surface area contributed by atoms with Gasteiger partial charge in [-0.25, -0.2) is 0 Å². The lowest BCUT2D eigenvalue weighted by atomic mass is 10.2. The molecule has 2 aliphatic rings. The van der Waals surface area contributed by atoms with Crippen molar-refractivity contribution in [1.29, 1.82) is 0 Å². The number of hydrogen-bond acceptors (Lipinski definition) is 4. The summed E-state index contributed by atoms with van der Waals surface area (Å²) in [7, 11) is 0. The second-order valence-corrected chi connectivity index (χ2v) is 6.09. The number of fused-ring (bicyclic) bond motifs is 1. The van der Waals surface area contributed by atoms with Crippen LogP contribution in [0.2, 0.25) is 0 Å². The summed E-state index contributed by atoms with van der Waals surface area (Å²) in [6.45, 7) is 5.37. The minimum Gasteiger partial charge on any atom is -0.491 e. The van der Waals surface area contributed by atoms with E-state index in [0.29, 0.717) is 31.2 Å². The van der Waals surface area contributed by atoms with E-state index in [0.717, 1.165) is 0 Å². The number of carbonyl (C=O) groups excluding carboxylic acids is 2. The van der Waals surface area contributed by atoms with E-state index in [1.165, 1.54) is 4.90 Å². The van der Waals surface area contributed by atoms with Crippen molar-refractivity contribution in [2.75, 3.05) is 31.2 Å². The van der Waals surface area contributed by atoms with Crippen LogP contribution in [0.25, 0.3) is 0 Å². The Labute approximate surface area is 136 Å². The number of benzene rings is 1. The van der Waals surface area contributed by atoms with E-state index in [4.69, 9.17) is 9.47 Å². The standard InChI is InChI=1S/C17H22N2O4/c1-12-11-23-13(2)9-18(12)17(21)10-19-14-5-3-4-6-15(14)22-8-7-16(19)20/h3-6,12-13H,7-11H2,1-2H3/t12-,13+/m0/s1. The van der Waals surface area contributed by atoms with Gasteiger partial charge in [-0.15, -0.1) is 0 Å². The molecule has 0 spiro atoms. The first-order chi connectivity index (χ1) is 11.1. The first-order valence-corrected chi connectivity index (χ1v) is 7.99. The van der Waals surface area contributed by atoms with Crippen LogP contribution in [0, 0.1) is 0 Å². The minimum atomic E-state index is -0.0859. The summed E-state index contributed by atoms with van der Waals surface area (Å²) in [6, 6.07) is 7.37. The number of nitrogens with zero attached hydrogens (tertiary/aromatic N) is 2. The van der Waals surface area contributed by atoms with Crippen molar-refractivity contribution < 1.29 is 19.1 Å². The molecule has 0 radical (unpaired) electrons. The van der Waals surface area contributed by atoms with Crippen LogP contribution in [0.15, 0.2) is 24.3 Å². The van der Waals surface area contributed by atoms with Gasteiger partial charge in [-0.2, -0.15) is 0 Å². The van der Waals surface area contributed by atoms with Gasteiger partial charge in [0, 0.05) is 6.54 Å². The molecule has 1 saturated heterocycles. The molecule has 3 rings (SSSR count). The molecule has 1 aromatic rings. The Morgan fingerprint density at radius 1 is 1.30 bits per heavy atom. The molecular weight excluding hydrogens is 296 g/mol. The van der Waals surface area contributed by atoms with Gasteiger partial charge in [0.25, 0.3) is 0 Å². The summed E-state index contributed by atoms with van der Waals surface area (Å²) < 4.78 is 11.2. The molecule has 2 heterocycles. The lowest BCUT2D eigenvalue weighted by Gasteiger charge is -2.37. The highest BCUT2D eigenvalue weighted by Gasteiger charge is 2.31. The highest BCUT2D eigenvalue weighted by atomic mass is 16.5. The Hall–Kier alpha value is -2.08. The number of para-hydroxylation sites is 2. The number of rotatable bonds is 2. The number of hydrogen-bond donors (Lipinski definition) is 0. The smallest absolute Gasteiger partial charge is 0.243 e. The summed E-state index contributed by atoms with van der Waals surface area (Å²) in [6.07, 6.45) is 0.294.